The van der Waals surface area contributed by atoms with Gasteiger partial charge in [-0.25, -0.2) is 9.59 Å². The largest absolute Gasteiger partial charge is 0.458 e. The lowest BCUT2D eigenvalue weighted by Gasteiger charge is -2.32. The molecule has 8 heteroatoms. The van der Waals surface area contributed by atoms with E-state index >= 15 is 0 Å². The van der Waals surface area contributed by atoms with E-state index in [-0.39, 0.29) is 17.8 Å². The van der Waals surface area contributed by atoms with E-state index in [0.29, 0.717) is 19.5 Å². The van der Waals surface area contributed by atoms with Gasteiger partial charge in [0.1, 0.15) is 6.61 Å². The maximum atomic E-state index is 12.9. The number of rotatable bonds is 2. The highest BCUT2D eigenvalue weighted by molar-refractivity contribution is 6.02. The predicted molar refractivity (Wildman–Crippen MR) is 104 cm³/mol. The number of esters is 3. The van der Waals surface area contributed by atoms with Crippen molar-refractivity contribution in [1.82, 2.24) is 4.90 Å². The van der Waals surface area contributed by atoms with Crippen LogP contribution in [0.5, 0.6) is 0 Å². The minimum atomic E-state index is -1.69. The quantitative estimate of drug-likeness (QED) is 0.502. The molecule has 2 aliphatic rings. The SMILES string of the molecule is C=C/C1=C\[C@H](C)[C@](C)(OC(C)=O)C(=O)OC/C2=C/CN(C)CC[C@@H](OC1=O)C2=O. The lowest BCUT2D eigenvalue weighted by atomic mass is 9.88. The first-order valence-electron chi connectivity index (χ1n) is 9.42. The molecule has 29 heavy (non-hydrogen) atoms. The Hall–Kier alpha value is -2.74. The van der Waals surface area contributed by atoms with Crippen LogP contribution in [0.2, 0.25) is 0 Å². The third-order valence-electron chi connectivity index (χ3n) is 5.15. The third-order valence-corrected chi connectivity index (χ3v) is 5.15. The van der Waals surface area contributed by atoms with E-state index < -0.39 is 41.3 Å². The number of likely N-dealkylation sites (N-methyl/N-ethyl adjacent to an activating group) is 1. The second-order valence-corrected chi connectivity index (χ2v) is 7.43. The molecule has 0 aromatic heterocycles. The highest BCUT2D eigenvalue weighted by atomic mass is 16.6. The summed E-state index contributed by atoms with van der Waals surface area (Å²) in [7, 11) is 1.87. The number of nitrogens with zero attached hydrogens (tertiary/aromatic N) is 1. The normalized spacial score (nSPS) is 33.2. The van der Waals surface area contributed by atoms with E-state index in [1.807, 2.05) is 11.9 Å². The van der Waals surface area contributed by atoms with E-state index in [1.54, 1.807) is 13.0 Å². The average molecular weight is 405 g/mol. The zero-order valence-electron chi connectivity index (χ0n) is 17.2. The number of carbonyl (C=O) groups excluding carboxylic acids is 4. The second-order valence-electron chi connectivity index (χ2n) is 7.43. The van der Waals surface area contributed by atoms with Crippen LogP contribution in [0.15, 0.2) is 36.0 Å². The van der Waals surface area contributed by atoms with Crippen molar-refractivity contribution >= 4 is 23.7 Å². The van der Waals surface area contributed by atoms with E-state index in [2.05, 4.69) is 6.58 Å². The molecule has 3 atom stereocenters. The molecule has 2 aliphatic heterocycles. The molecule has 0 fully saturated rings. The van der Waals surface area contributed by atoms with Crippen LogP contribution in [-0.2, 0) is 33.4 Å². The molecule has 0 saturated heterocycles. The first kappa shape index (κ1) is 22.5. The Labute approximate surface area is 170 Å². The van der Waals surface area contributed by atoms with Gasteiger partial charge in [0.05, 0.1) is 5.57 Å². The fraction of sp³-hybridized carbons (Fsp3) is 0.524. The molecule has 0 aromatic carbocycles. The number of ether oxygens (including phenoxy) is 3. The maximum Gasteiger partial charge on any atom is 0.351 e. The summed E-state index contributed by atoms with van der Waals surface area (Å²) in [6, 6.07) is 0. The Kier molecular flexibility index (Phi) is 7.13. The molecule has 0 spiro atoms. The van der Waals surface area contributed by atoms with Crippen molar-refractivity contribution in [1.29, 1.82) is 0 Å². The van der Waals surface area contributed by atoms with Crippen molar-refractivity contribution in [2.45, 2.75) is 38.9 Å². The maximum absolute atomic E-state index is 12.9. The summed E-state index contributed by atoms with van der Waals surface area (Å²) in [4.78, 5) is 52.0. The van der Waals surface area contributed by atoms with Crippen molar-refractivity contribution in [2.75, 3.05) is 26.7 Å². The van der Waals surface area contributed by atoms with E-state index in [4.69, 9.17) is 14.2 Å². The van der Waals surface area contributed by atoms with Gasteiger partial charge in [0.25, 0.3) is 0 Å². The fourth-order valence-electron chi connectivity index (χ4n) is 3.13. The minimum absolute atomic E-state index is 0.0676. The Balaban J connectivity index is 2.54. The molecule has 0 saturated carbocycles. The number of ketones is 1. The average Bonchev–Trinajstić information content (AvgIpc) is 2.65. The lowest BCUT2D eigenvalue weighted by Crippen LogP contribution is -2.47. The number of carbonyl (C=O) groups is 4. The molecule has 158 valence electrons. The lowest BCUT2D eigenvalue weighted by molar-refractivity contribution is -0.183. The van der Waals surface area contributed by atoms with Crippen molar-refractivity contribution in [2.24, 2.45) is 5.92 Å². The topological polar surface area (TPSA) is 99.2 Å². The Morgan fingerprint density at radius 2 is 2.07 bits per heavy atom. The van der Waals surface area contributed by atoms with Gasteiger partial charge in [-0.1, -0.05) is 31.7 Å². The van der Waals surface area contributed by atoms with Crippen molar-refractivity contribution in [3.05, 3.63) is 36.0 Å². The molecular weight excluding hydrogens is 378 g/mol. The van der Waals surface area contributed by atoms with Crippen LogP contribution in [0.1, 0.15) is 27.2 Å². The van der Waals surface area contributed by atoms with E-state index in [9.17, 15) is 19.2 Å². The molecule has 0 aromatic rings. The van der Waals surface area contributed by atoms with Crippen LogP contribution in [-0.4, -0.2) is 67.0 Å². The molecule has 8 nitrogen and oxygen atoms in total. The number of hydrogen-bond donors (Lipinski definition) is 0. The Morgan fingerprint density at radius 3 is 2.69 bits per heavy atom. The summed E-state index contributed by atoms with van der Waals surface area (Å²) >= 11 is 0. The summed E-state index contributed by atoms with van der Waals surface area (Å²) in [5.74, 6) is -3.35. The van der Waals surface area contributed by atoms with Crippen LogP contribution in [0.4, 0.5) is 0 Å². The standard InChI is InChI=1S/C21H27NO7/c1-6-15-11-13(2)21(4,29-14(3)23)20(26)27-12-16-7-9-22(5)10-8-17(18(16)24)28-19(15)25/h6-7,11,13,17H,1,8-10,12H2,2-5H3/b15-11+,16-7-/t13-,17+,21-/m0/s1. The van der Waals surface area contributed by atoms with Crippen LogP contribution in [0.3, 0.4) is 0 Å². The molecular formula is C21H27NO7. The molecule has 0 amide bonds. The number of hydrogen-bond acceptors (Lipinski definition) is 8. The van der Waals surface area contributed by atoms with Crippen LogP contribution in [0.25, 0.3) is 0 Å². The molecule has 0 aliphatic carbocycles. The Morgan fingerprint density at radius 1 is 1.38 bits per heavy atom. The summed E-state index contributed by atoms with van der Waals surface area (Å²) in [5, 5.41) is 0. The summed E-state index contributed by atoms with van der Waals surface area (Å²) in [6.45, 7) is 8.54. The van der Waals surface area contributed by atoms with Gasteiger partial charge in [-0.2, -0.15) is 0 Å². The van der Waals surface area contributed by atoms with Gasteiger partial charge >= 0.3 is 17.9 Å². The molecule has 2 bridgehead atoms. The number of fused-ring (bicyclic) bond motifs is 2. The van der Waals surface area contributed by atoms with Crippen LogP contribution >= 0.6 is 0 Å². The van der Waals surface area contributed by atoms with Crippen molar-refractivity contribution < 1.29 is 33.4 Å². The predicted octanol–water partition coefficient (Wildman–Crippen LogP) is 1.36. The second kappa shape index (κ2) is 9.17. The Bertz CT molecular complexity index is 782. The first-order chi connectivity index (χ1) is 13.6. The zero-order chi connectivity index (χ0) is 21.8. The summed E-state index contributed by atoms with van der Waals surface area (Å²) < 4.78 is 16.1. The molecule has 0 N–H and O–H groups in total. The molecule has 0 unspecified atom stereocenters. The number of Topliss-reactive ketones (excluding diaryl/α,β-unsaturated/α-hetero) is 1. The summed E-state index contributed by atoms with van der Waals surface area (Å²) in [6.07, 6.45) is 3.68. The van der Waals surface area contributed by atoms with Crippen LogP contribution in [0, 0.1) is 5.92 Å². The highest BCUT2D eigenvalue weighted by Crippen LogP contribution is 2.28. The van der Waals surface area contributed by atoms with Gasteiger partial charge in [-0.3, -0.25) is 9.59 Å². The highest BCUT2D eigenvalue weighted by Gasteiger charge is 2.44. The van der Waals surface area contributed by atoms with Gasteiger partial charge in [-0.05, 0) is 14.0 Å². The van der Waals surface area contributed by atoms with Gasteiger partial charge in [0.2, 0.25) is 11.4 Å². The van der Waals surface area contributed by atoms with Gasteiger partial charge in [0, 0.05) is 37.9 Å². The van der Waals surface area contributed by atoms with Crippen molar-refractivity contribution in [3.8, 4) is 0 Å². The van der Waals surface area contributed by atoms with Gasteiger partial charge < -0.3 is 19.1 Å². The monoisotopic (exact) mass is 405 g/mol. The fourth-order valence-corrected chi connectivity index (χ4v) is 3.13. The van der Waals surface area contributed by atoms with Gasteiger partial charge in [-0.15, -0.1) is 0 Å². The van der Waals surface area contributed by atoms with Crippen molar-refractivity contribution in [3.63, 3.8) is 0 Å². The van der Waals surface area contributed by atoms with E-state index in [1.165, 1.54) is 26.0 Å². The van der Waals surface area contributed by atoms with Gasteiger partial charge in [0.15, 0.2) is 6.10 Å². The summed E-state index contributed by atoms with van der Waals surface area (Å²) in [5.41, 5.74) is -1.40. The molecule has 2 rings (SSSR count). The molecule has 2 heterocycles. The third kappa shape index (κ3) is 5.20. The smallest absolute Gasteiger partial charge is 0.351 e. The molecule has 0 radical (unpaired) electrons. The number of cyclic esters (lactones) is 1. The van der Waals surface area contributed by atoms with Crippen LogP contribution < -0.4 is 0 Å². The van der Waals surface area contributed by atoms with E-state index in [0.717, 1.165) is 0 Å². The first-order valence-corrected chi connectivity index (χ1v) is 9.42. The minimum Gasteiger partial charge on any atom is -0.458 e. The zero-order valence-corrected chi connectivity index (χ0v) is 17.2.